The molecule has 1 aromatic rings. The fraction of sp³-hybridized carbons (Fsp3) is 0.308. The van der Waals surface area contributed by atoms with Gasteiger partial charge in [0, 0.05) is 18.2 Å². The molecule has 0 spiro atoms. The number of hydrogen-bond donors (Lipinski definition) is 2. The molecule has 0 saturated heterocycles. The third-order valence-corrected chi connectivity index (χ3v) is 2.36. The molecule has 96 valence electrons. The maximum absolute atomic E-state index is 10.7. The van der Waals surface area contributed by atoms with E-state index in [1.54, 1.807) is 17.0 Å². The molecule has 1 aromatic carbocycles. The van der Waals surface area contributed by atoms with Crippen LogP contribution in [0.4, 0.5) is 0 Å². The number of methoxy groups -OCH3 is 1. The summed E-state index contributed by atoms with van der Waals surface area (Å²) in [6.07, 6.45) is 5.18. The maximum Gasteiger partial charge on any atom is 0.317 e. The van der Waals surface area contributed by atoms with Crippen molar-refractivity contribution in [1.82, 2.24) is 4.90 Å². The van der Waals surface area contributed by atoms with Crippen molar-refractivity contribution in [2.75, 3.05) is 20.2 Å². The fourth-order valence-corrected chi connectivity index (χ4v) is 1.53. The molecule has 0 fully saturated rings. The van der Waals surface area contributed by atoms with E-state index in [-0.39, 0.29) is 25.4 Å². The number of terminal acetylenes is 1. The molecule has 0 aliphatic carbocycles. The van der Waals surface area contributed by atoms with Crippen molar-refractivity contribution in [3.63, 3.8) is 0 Å². The molecule has 0 heterocycles. The topological polar surface area (TPSA) is 70.0 Å². The summed E-state index contributed by atoms with van der Waals surface area (Å²) in [6.45, 7) is 0.305. The summed E-state index contributed by atoms with van der Waals surface area (Å²) in [5.41, 5.74) is 0.604. The lowest BCUT2D eigenvalue weighted by molar-refractivity contribution is -0.138. The SMILES string of the molecule is C#CCN(CC(=O)O)Cc1ccc(OC)cc1O. The average Bonchev–Trinajstić information content (AvgIpc) is 2.31. The van der Waals surface area contributed by atoms with Crippen LogP contribution in [0.15, 0.2) is 18.2 Å². The minimum absolute atomic E-state index is 0.0572. The number of carbonyl (C=O) groups is 1. The number of carboxylic acid groups (broad SMARTS) is 1. The van der Waals surface area contributed by atoms with E-state index in [1.807, 2.05) is 0 Å². The molecule has 1 rings (SSSR count). The lowest BCUT2D eigenvalue weighted by Gasteiger charge is -2.18. The van der Waals surface area contributed by atoms with Crippen molar-refractivity contribution in [3.8, 4) is 23.8 Å². The third-order valence-electron chi connectivity index (χ3n) is 2.36. The van der Waals surface area contributed by atoms with Gasteiger partial charge in [0.05, 0.1) is 20.2 Å². The lowest BCUT2D eigenvalue weighted by Crippen LogP contribution is -2.29. The average molecular weight is 249 g/mol. The van der Waals surface area contributed by atoms with Crippen molar-refractivity contribution in [2.45, 2.75) is 6.54 Å². The standard InChI is InChI=1S/C13H15NO4/c1-3-6-14(9-13(16)17)8-10-4-5-11(18-2)7-12(10)15/h1,4-5,7,15H,6,8-9H2,2H3,(H,16,17). The number of ether oxygens (including phenoxy) is 1. The van der Waals surface area contributed by atoms with Gasteiger partial charge in [0.15, 0.2) is 0 Å². The molecular weight excluding hydrogens is 234 g/mol. The molecule has 0 aliphatic rings. The first-order valence-electron chi connectivity index (χ1n) is 5.30. The molecule has 5 nitrogen and oxygen atoms in total. The van der Waals surface area contributed by atoms with Crippen molar-refractivity contribution in [2.24, 2.45) is 0 Å². The highest BCUT2D eigenvalue weighted by Crippen LogP contribution is 2.24. The molecule has 0 aromatic heterocycles. The molecule has 0 atom stereocenters. The van der Waals surface area contributed by atoms with Crippen LogP contribution in [0, 0.1) is 12.3 Å². The van der Waals surface area contributed by atoms with Gasteiger partial charge in [-0.25, -0.2) is 0 Å². The van der Waals surface area contributed by atoms with E-state index in [0.29, 0.717) is 11.3 Å². The second-order valence-corrected chi connectivity index (χ2v) is 3.74. The highest BCUT2D eigenvalue weighted by atomic mass is 16.5. The molecule has 0 amide bonds. The quantitative estimate of drug-likeness (QED) is 0.734. The van der Waals surface area contributed by atoms with Gasteiger partial charge in [-0.1, -0.05) is 12.0 Å². The third kappa shape index (κ3) is 4.00. The summed E-state index contributed by atoms with van der Waals surface area (Å²) in [5.74, 6) is 2.03. The van der Waals surface area contributed by atoms with E-state index < -0.39 is 5.97 Å². The van der Waals surface area contributed by atoms with Crippen molar-refractivity contribution >= 4 is 5.97 Å². The van der Waals surface area contributed by atoms with E-state index >= 15 is 0 Å². The van der Waals surface area contributed by atoms with Crippen LogP contribution in [-0.4, -0.2) is 41.3 Å². The molecule has 5 heteroatoms. The molecular formula is C13H15NO4. The molecule has 0 bridgehead atoms. The van der Waals surface area contributed by atoms with Crippen LogP contribution < -0.4 is 4.74 Å². The Morgan fingerprint density at radius 3 is 2.78 bits per heavy atom. The molecule has 0 aliphatic heterocycles. The Morgan fingerprint density at radius 1 is 1.56 bits per heavy atom. The summed E-state index contributed by atoms with van der Waals surface area (Å²) in [7, 11) is 1.50. The second kappa shape index (κ2) is 6.52. The van der Waals surface area contributed by atoms with E-state index in [1.165, 1.54) is 13.2 Å². The van der Waals surface area contributed by atoms with Gasteiger partial charge in [-0.05, 0) is 6.07 Å². The highest BCUT2D eigenvalue weighted by molar-refractivity contribution is 5.69. The fourth-order valence-electron chi connectivity index (χ4n) is 1.53. The van der Waals surface area contributed by atoms with Crippen LogP contribution in [0.3, 0.4) is 0 Å². The summed E-state index contributed by atoms with van der Waals surface area (Å²) < 4.78 is 4.97. The van der Waals surface area contributed by atoms with Crippen molar-refractivity contribution < 1.29 is 19.7 Å². The number of rotatable bonds is 6. The van der Waals surface area contributed by atoms with Gasteiger partial charge in [0.1, 0.15) is 11.5 Å². The van der Waals surface area contributed by atoms with Gasteiger partial charge in [-0.3, -0.25) is 9.69 Å². The minimum Gasteiger partial charge on any atom is -0.507 e. The minimum atomic E-state index is -0.960. The largest absolute Gasteiger partial charge is 0.507 e. The van der Waals surface area contributed by atoms with Gasteiger partial charge < -0.3 is 14.9 Å². The van der Waals surface area contributed by atoms with Crippen LogP contribution in [0.25, 0.3) is 0 Å². The van der Waals surface area contributed by atoms with E-state index in [9.17, 15) is 9.90 Å². The Balaban J connectivity index is 2.80. The van der Waals surface area contributed by atoms with Crippen LogP contribution in [-0.2, 0) is 11.3 Å². The zero-order chi connectivity index (χ0) is 13.5. The number of nitrogens with zero attached hydrogens (tertiary/aromatic N) is 1. The smallest absolute Gasteiger partial charge is 0.317 e. The van der Waals surface area contributed by atoms with Gasteiger partial charge in [-0.15, -0.1) is 6.42 Å². The van der Waals surface area contributed by atoms with Crippen LogP contribution in [0.5, 0.6) is 11.5 Å². The molecule has 18 heavy (non-hydrogen) atoms. The monoisotopic (exact) mass is 249 g/mol. The predicted molar refractivity (Wildman–Crippen MR) is 66.4 cm³/mol. The van der Waals surface area contributed by atoms with Crippen LogP contribution in [0.2, 0.25) is 0 Å². The number of phenols is 1. The normalized spacial score (nSPS) is 10.1. The van der Waals surface area contributed by atoms with Crippen LogP contribution in [0.1, 0.15) is 5.56 Å². The molecule has 0 unspecified atom stereocenters. The number of carboxylic acids is 1. The number of benzene rings is 1. The molecule has 0 radical (unpaired) electrons. The Morgan fingerprint density at radius 2 is 2.28 bits per heavy atom. The van der Waals surface area contributed by atoms with Gasteiger partial charge in [0.2, 0.25) is 0 Å². The first-order valence-corrected chi connectivity index (χ1v) is 5.30. The summed E-state index contributed by atoms with van der Waals surface area (Å²) >= 11 is 0. The number of phenolic OH excluding ortho intramolecular Hbond substituents is 1. The zero-order valence-electron chi connectivity index (χ0n) is 10.1. The Hall–Kier alpha value is -2.19. The Kier molecular flexibility index (Phi) is 5.03. The summed E-state index contributed by atoms with van der Waals surface area (Å²) in [6, 6.07) is 4.85. The molecule has 0 saturated carbocycles. The second-order valence-electron chi connectivity index (χ2n) is 3.74. The van der Waals surface area contributed by atoms with Crippen LogP contribution >= 0.6 is 0 Å². The Labute approximate surface area is 106 Å². The molecule has 2 N–H and O–H groups in total. The van der Waals surface area contributed by atoms with Gasteiger partial charge >= 0.3 is 5.97 Å². The zero-order valence-corrected chi connectivity index (χ0v) is 10.1. The summed E-state index contributed by atoms with van der Waals surface area (Å²) in [5, 5.41) is 18.5. The Bertz CT molecular complexity index is 465. The van der Waals surface area contributed by atoms with E-state index in [0.717, 1.165) is 0 Å². The maximum atomic E-state index is 10.7. The first kappa shape index (κ1) is 13.9. The van der Waals surface area contributed by atoms with E-state index in [4.69, 9.17) is 16.3 Å². The van der Waals surface area contributed by atoms with Gasteiger partial charge in [-0.2, -0.15) is 0 Å². The lowest BCUT2D eigenvalue weighted by atomic mass is 10.1. The number of hydrogen-bond acceptors (Lipinski definition) is 4. The number of aliphatic carboxylic acids is 1. The van der Waals surface area contributed by atoms with Crippen molar-refractivity contribution in [1.29, 1.82) is 0 Å². The van der Waals surface area contributed by atoms with E-state index in [2.05, 4.69) is 5.92 Å². The summed E-state index contributed by atoms with van der Waals surface area (Å²) in [4.78, 5) is 12.2. The van der Waals surface area contributed by atoms with Crippen molar-refractivity contribution in [3.05, 3.63) is 23.8 Å². The van der Waals surface area contributed by atoms with Gasteiger partial charge in [0.25, 0.3) is 0 Å². The predicted octanol–water partition coefficient (Wildman–Crippen LogP) is 0.921. The highest BCUT2D eigenvalue weighted by Gasteiger charge is 2.12. The first-order chi connectivity index (χ1) is 8.56. The number of aromatic hydroxyl groups is 1.